The number of rotatable bonds is 0. The first-order chi connectivity index (χ1) is 11.3. The molecule has 1 saturated heterocycles. The van der Waals surface area contributed by atoms with Gasteiger partial charge in [-0.15, -0.1) is 0 Å². The fraction of sp³-hybridized carbons (Fsp3) is 0.188. The molecule has 0 aliphatic carbocycles. The number of hydrogen-bond acceptors (Lipinski definition) is 7. The molecule has 3 aliphatic rings. The Morgan fingerprint density at radius 2 is 1.08 bits per heavy atom. The molecule has 0 amide bonds. The third-order valence-corrected chi connectivity index (χ3v) is 7.66. The van der Waals surface area contributed by atoms with Crippen molar-refractivity contribution in [3.8, 4) is 23.0 Å². The van der Waals surface area contributed by atoms with Crippen LogP contribution in [-0.2, 0) is 13.8 Å². The Morgan fingerprint density at radius 1 is 0.708 bits per heavy atom. The van der Waals surface area contributed by atoms with Crippen molar-refractivity contribution in [2.24, 2.45) is 0 Å². The summed E-state index contributed by atoms with van der Waals surface area (Å²) in [4.78, 5) is 12.5. The van der Waals surface area contributed by atoms with Crippen LogP contribution in [0.4, 0.5) is 0 Å². The molecule has 0 N–H and O–H groups in total. The molecule has 8 heteroatoms. The summed E-state index contributed by atoms with van der Waals surface area (Å²) in [5.41, 5.74) is -1.38. The normalized spacial score (nSPS) is 27.8. The van der Waals surface area contributed by atoms with E-state index in [0.29, 0.717) is 23.0 Å². The average molecular weight is 349 g/mol. The van der Waals surface area contributed by atoms with Gasteiger partial charge in [0.05, 0.1) is 0 Å². The first-order valence-corrected chi connectivity index (χ1v) is 9.62. The third-order valence-electron chi connectivity index (χ3n) is 4.01. The summed E-state index contributed by atoms with van der Waals surface area (Å²) in [5, 5.41) is 0. The van der Waals surface area contributed by atoms with E-state index in [-0.39, 0.29) is 0 Å². The van der Waals surface area contributed by atoms with E-state index in [4.69, 9.17) is 27.1 Å². The van der Waals surface area contributed by atoms with Crippen molar-refractivity contribution < 1.29 is 31.9 Å². The Balaban J connectivity index is 1.79. The van der Waals surface area contributed by atoms with Gasteiger partial charge in [0, 0.05) is 0 Å². The van der Waals surface area contributed by atoms with Gasteiger partial charge in [-0.2, -0.15) is 0 Å². The monoisotopic (exact) mass is 349 g/mol. The first-order valence-electron chi connectivity index (χ1n) is 7.43. The van der Waals surface area contributed by atoms with Gasteiger partial charge in [-0.25, -0.2) is 0 Å². The third kappa shape index (κ3) is 1.42. The minimum absolute atomic E-state index is 0.311. The van der Waals surface area contributed by atoms with Crippen LogP contribution in [0.1, 0.15) is 13.8 Å². The second-order valence-corrected chi connectivity index (χ2v) is 9.69. The van der Waals surface area contributed by atoms with Crippen LogP contribution in [0.25, 0.3) is 0 Å². The molecule has 3 aliphatic heterocycles. The fourth-order valence-corrected chi connectivity index (χ4v) is 7.40. The van der Waals surface area contributed by atoms with Gasteiger partial charge >= 0.3 is 136 Å². The maximum atomic E-state index is 12.5. The molecule has 5 rings (SSSR count). The van der Waals surface area contributed by atoms with Crippen LogP contribution >= 0.6 is 7.31 Å². The molecular weight excluding hydrogens is 335 g/mol. The summed E-state index contributed by atoms with van der Waals surface area (Å²) in [7, 11) is -5.80. The summed E-state index contributed by atoms with van der Waals surface area (Å²) >= 11 is 0. The van der Waals surface area contributed by atoms with Gasteiger partial charge in [-0.3, -0.25) is 0 Å². The quantitative estimate of drug-likeness (QED) is 0.669. The Kier molecular flexibility index (Phi) is 2.00. The number of carbonyl (C=O) groups excluding carboxylic acids is 1. The Hall–Kier alpha value is -2.50. The predicted molar refractivity (Wildman–Crippen MR) is 83.6 cm³/mol. The van der Waals surface area contributed by atoms with Gasteiger partial charge in [0.25, 0.3) is 0 Å². The number of hydrogen-bond donors (Lipinski definition) is 0. The zero-order chi connectivity index (χ0) is 16.7. The van der Waals surface area contributed by atoms with Crippen LogP contribution in [0.3, 0.4) is 0 Å². The molecule has 126 valence electrons. The molecule has 24 heavy (non-hydrogen) atoms. The van der Waals surface area contributed by atoms with E-state index < -0.39 is 18.9 Å². The summed E-state index contributed by atoms with van der Waals surface area (Å²) < 4.78 is 35.5. The standard InChI is InChI=1S/C16H14O7P/c1-16(2)15(17)22-24(23-16,18-11-7-3-4-8-12(11)19-24)20-13-9-5-6-10-14(13)21-24/h3-10H,1-2H3/q-1. The van der Waals surface area contributed by atoms with Gasteiger partial charge in [-0.1, -0.05) is 0 Å². The van der Waals surface area contributed by atoms with Crippen LogP contribution in [-0.4, -0.2) is 11.6 Å². The Morgan fingerprint density at radius 3 is 1.38 bits per heavy atom. The van der Waals surface area contributed by atoms with Crippen molar-refractivity contribution in [1.29, 1.82) is 0 Å². The predicted octanol–water partition coefficient (Wildman–Crippen LogP) is 3.86. The maximum absolute atomic E-state index is 12.5. The van der Waals surface area contributed by atoms with Crippen LogP contribution in [0.15, 0.2) is 48.5 Å². The molecule has 2 aromatic carbocycles. The molecule has 0 aromatic heterocycles. The average Bonchev–Trinajstić information content (AvgIpc) is 3.02. The number of carbonyl (C=O) groups is 1. The van der Waals surface area contributed by atoms with E-state index in [0.717, 1.165) is 0 Å². The molecule has 2 aromatic rings. The molecule has 0 atom stereocenters. The van der Waals surface area contributed by atoms with Crippen molar-refractivity contribution in [1.82, 2.24) is 0 Å². The topological polar surface area (TPSA) is 72.5 Å². The van der Waals surface area contributed by atoms with Gasteiger partial charge in [0.15, 0.2) is 0 Å². The van der Waals surface area contributed by atoms with Crippen LogP contribution < -0.4 is 18.1 Å². The van der Waals surface area contributed by atoms with Gasteiger partial charge in [0.2, 0.25) is 0 Å². The molecule has 0 saturated carbocycles. The van der Waals surface area contributed by atoms with Crippen molar-refractivity contribution in [3.05, 3.63) is 48.5 Å². The van der Waals surface area contributed by atoms with Crippen molar-refractivity contribution >= 4 is 13.3 Å². The Bertz CT molecular complexity index is 819. The zero-order valence-electron chi connectivity index (χ0n) is 12.9. The molecule has 0 radical (unpaired) electrons. The summed E-state index contributed by atoms with van der Waals surface area (Å²) in [5.74, 6) is 0.550. The van der Waals surface area contributed by atoms with Gasteiger partial charge in [-0.05, 0) is 0 Å². The fourth-order valence-electron chi connectivity index (χ4n) is 3.07. The zero-order valence-corrected chi connectivity index (χ0v) is 13.8. The van der Waals surface area contributed by atoms with Crippen LogP contribution in [0.2, 0.25) is 0 Å². The summed E-state index contributed by atoms with van der Waals surface area (Å²) in [6, 6.07) is 13.6. The van der Waals surface area contributed by atoms with E-state index in [2.05, 4.69) is 0 Å². The first kappa shape index (κ1) is 13.9. The van der Waals surface area contributed by atoms with Crippen molar-refractivity contribution in [3.63, 3.8) is 0 Å². The van der Waals surface area contributed by atoms with E-state index in [1.165, 1.54) is 0 Å². The number of fused-ring (bicyclic) bond motifs is 2. The molecule has 7 nitrogen and oxygen atoms in total. The SMILES string of the molecule is CC1(C)O[P-]23(OC1=O)(Oc1ccccc1O2)Oc1ccccc1O3. The second-order valence-electron chi connectivity index (χ2n) is 6.36. The molecular formula is C16H14O7P-. The number of para-hydroxylation sites is 4. The minimum atomic E-state index is -5.80. The Labute approximate surface area is 137 Å². The van der Waals surface area contributed by atoms with Crippen molar-refractivity contribution in [2.45, 2.75) is 19.4 Å². The summed E-state index contributed by atoms with van der Waals surface area (Å²) in [6.07, 6.45) is 0. The second kappa shape index (κ2) is 3.45. The number of benzene rings is 2. The molecule has 3 heterocycles. The summed E-state index contributed by atoms with van der Waals surface area (Å²) in [6.45, 7) is 3.08. The van der Waals surface area contributed by atoms with Crippen LogP contribution in [0.5, 0.6) is 23.0 Å². The van der Waals surface area contributed by atoms with Crippen LogP contribution in [0, 0.1) is 0 Å². The van der Waals surface area contributed by atoms with E-state index in [1.54, 1.807) is 62.4 Å². The van der Waals surface area contributed by atoms with Crippen molar-refractivity contribution in [2.75, 3.05) is 0 Å². The van der Waals surface area contributed by atoms with E-state index >= 15 is 0 Å². The van der Waals surface area contributed by atoms with Gasteiger partial charge in [0.1, 0.15) is 0 Å². The molecule has 0 unspecified atom stereocenters. The molecule has 1 fully saturated rings. The van der Waals surface area contributed by atoms with E-state index in [9.17, 15) is 4.79 Å². The molecule has 1 spiro atoms. The van der Waals surface area contributed by atoms with E-state index in [1.807, 2.05) is 0 Å². The van der Waals surface area contributed by atoms with Gasteiger partial charge < -0.3 is 0 Å². The molecule has 0 bridgehead atoms.